The van der Waals surface area contributed by atoms with Gasteiger partial charge in [-0.1, -0.05) is 29.8 Å². The van der Waals surface area contributed by atoms with Gasteiger partial charge >= 0.3 is 5.97 Å². The number of carboxylic acid groups (broad SMARTS) is 1. The molecule has 0 spiro atoms. The molecule has 1 aromatic carbocycles. The van der Waals surface area contributed by atoms with E-state index in [4.69, 9.17) is 21.4 Å². The fourth-order valence-corrected chi connectivity index (χ4v) is 2.46. The van der Waals surface area contributed by atoms with Gasteiger partial charge in [-0.3, -0.25) is 0 Å². The van der Waals surface area contributed by atoms with Crippen molar-refractivity contribution in [2.75, 3.05) is 6.61 Å². The number of nitrogens with zero attached hydrogens (tertiary/aromatic N) is 1. The molecular formula is C13H10ClNO3. The van der Waals surface area contributed by atoms with Gasteiger partial charge in [0.05, 0.1) is 11.1 Å². The van der Waals surface area contributed by atoms with Gasteiger partial charge in [-0.15, -0.1) is 0 Å². The van der Waals surface area contributed by atoms with E-state index in [1.54, 1.807) is 10.8 Å². The molecule has 0 bridgehead atoms. The molecule has 0 saturated carbocycles. The van der Waals surface area contributed by atoms with E-state index in [-0.39, 0.29) is 11.7 Å². The standard InChI is InChI=1S/C13H10ClNO3/c14-8-5-10(13(16)17)15(6-8)11-7-18-12-4-2-1-3-9(11)12/h1-6,11H,7H2,(H,16,17). The predicted octanol–water partition coefficient (Wildman–Crippen LogP) is 2.82. The Hall–Kier alpha value is -1.94. The molecule has 1 atom stereocenters. The summed E-state index contributed by atoms with van der Waals surface area (Å²) in [6, 6.07) is 8.92. The summed E-state index contributed by atoms with van der Waals surface area (Å²) in [4.78, 5) is 11.2. The lowest BCUT2D eigenvalue weighted by Crippen LogP contribution is -2.16. The van der Waals surface area contributed by atoms with Crippen molar-refractivity contribution in [2.45, 2.75) is 6.04 Å². The zero-order valence-electron chi connectivity index (χ0n) is 9.34. The minimum atomic E-state index is -0.994. The first kappa shape index (κ1) is 11.2. The topological polar surface area (TPSA) is 51.5 Å². The average molecular weight is 264 g/mol. The van der Waals surface area contributed by atoms with Crippen LogP contribution in [0.5, 0.6) is 5.75 Å². The molecule has 3 rings (SSSR count). The fraction of sp³-hybridized carbons (Fsp3) is 0.154. The Balaban J connectivity index is 2.10. The molecule has 2 aromatic rings. The van der Waals surface area contributed by atoms with Gasteiger partial charge < -0.3 is 14.4 Å². The van der Waals surface area contributed by atoms with Gasteiger partial charge in [0.1, 0.15) is 18.1 Å². The van der Waals surface area contributed by atoms with Crippen LogP contribution in [0.15, 0.2) is 36.5 Å². The van der Waals surface area contributed by atoms with Crippen molar-refractivity contribution in [1.29, 1.82) is 0 Å². The van der Waals surface area contributed by atoms with Gasteiger partial charge in [0.15, 0.2) is 0 Å². The number of hydrogen-bond acceptors (Lipinski definition) is 2. The molecule has 1 aromatic heterocycles. The molecule has 18 heavy (non-hydrogen) atoms. The third-order valence-corrected chi connectivity index (χ3v) is 3.25. The molecule has 0 saturated heterocycles. The van der Waals surface area contributed by atoms with Crippen LogP contribution in [0.4, 0.5) is 0 Å². The molecule has 92 valence electrons. The highest BCUT2D eigenvalue weighted by Crippen LogP contribution is 2.36. The van der Waals surface area contributed by atoms with Crippen molar-refractivity contribution in [3.8, 4) is 5.75 Å². The summed E-state index contributed by atoms with van der Waals surface area (Å²) in [5.41, 5.74) is 1.15. The molecule has 5 heteroatoms. The maximum absolute atomic E-state index is 11.2. The van der Waals surface area contributed by atoms with Crippen LogP contribution in [0.25, 0.3) is 0 Å². The number of rotatable bonds is 2. The second kappa shape index (κ2) is 4.07. The van der Waals surface area contributed by atoms with Gasteiger partial charge in [-0.25, -0.2) is 4.79 Å². The maximum Gasteiger partial charge on any atom is 0.352 e. The molecule has 1 N–H and O–H groups in total. The third-order valence-electron chi connectivity index (χ3n) is 3.04. The number of benzene rings is 1. The highest BCUT2D eigenvalue weighted by atomic mass is 35.5. The summed E-state index contributed by atoms with van der Waals surface area (Å²) in [7, 11) is 0. The lowest BCUT2D eigenvalue weighted by Gasteiger charge is -2.13. The molecule has 0 fully saturated rings. The van der Waals surface area contributed by atoms with E-state index in [1.807, 2.05) is 24.3 Å². The Morgan fingerprint density at radius 3 is 3.00 bits per heavy atom. The second-order valence-corrected chi connectivity index (χ2v) is 4.56. The molecule has 1 unspecified atom stereocenters. The number of ether oxygens (including phenoxy) is 1. The van der Waals surface area contributed by atoms with E-state index < -0.39 is 5.97 Å². The number of carboxylic acids is 1. The predicted molar refractivity (Wildman–Crippen MR) is 66.5 cm³/mol. The summed E-state index contributed by atoms with van der Waals surface area (Å²) >= 11 is 5.89. The summed E-state index contributed by atoms with van der Waals surface area (Å²) < 4.78 is 7.20. The quantitative estimate of drug-likeness (QED) is 0.906. The summed E-state index contributed by atoms with van der Waals surface area (Å²) in [6.07, 6.45) is 1.63. The van der Waals surface area contributed by atoms with Gasteiger partial charge in [0.25, 0.3) is 0 Å². The molecular weight excluding hydrogens is 254 g/mol. The van der Waals surface area contributed by atoms with E-state index in [0.717, 1.165) is 11.3 Å². The second-order valence-electron chi connectivity index (χ2n) is 4.12. The average Bonchev–Trinajstić information content (AvgIpc) is 2.92. The highest BCUT2D eigenvalue weighted by molar-refractivity contribution is 6.30. The lowest BCUT2D eigenvalue weighted by molar-refractivity contribution is 0.0683. The molecule has 0 aliphatic carbocycles. The molecule has 2 heterocycles. The largest absolute Gasteiger partial charge is 0.491 e. The van der Waals surface area contributed by atoms with Crippen LogP contribution in [-0.2, 0) is 0 Å². The van der Waals surface area contributed by atoms with Crippen LogP contribution in [0.3, 0.4) is 0 Å². The van der Waals surface area contributed by atoms with Gasteiger partial charge in [0, 0.05) is 11.8 Å². The van der Waals surface area contributed by atoms with Crippen molar-refractivity contribution in [3.05, 3.63) is 52.8 Å². The van der Waals surface area contributed by atoms with Crippen LogP contribution >= 0.6 is 11.6 Å². The normalized spacial score (nSPS) is 17.3. The minimum absolute atomic E-state index is 0.139. The van der Waals surface area contributed by atoms with E-state index in [2.05, 4.69) is 0 Å². The minimum Gasteiger partial charge on any atom is -0.491 e. The summed E-state index contributed by atoms with van der Waals surface area (Å²) in [5, 5.41) is 9.58. The molecule has 1 aliphatic rings. The number of hydrogen-bond donors (Lipinski definition) is 1. The Labute approximate surface area is 108 Å². The van der Waals surface area contributed by atoms with E-state index in [0.29, 0.717) is 11.6 Å². The lowest BCUT2D eigenvalue weighted by atomic mass is 10.1. The Morgan fingerprint density at radius 2 is 2.22 bits per heavy atom. The van der Waals surface area contributed by atoms with Crippen LogP contribution < -0.4 is 4.74 Å². The zero-order valence-corrected chi connectivity index (χ0v) is 10.1. The molecule has 1 aliphatic heterocycles. The smallest absolute Gasteiger partial charge is 0.352 e. The number of para-hydroxylation sites is 1. The Morgan fingerprint density at radius 1 is 1.44 bits per heavy atom. The first-order valence-electron chi connectivity index (χ1n) is 5.49. The molecule has 4 nitrogen and oxygen atoms in total. The van der Waals surface area contributed by atoms with Crippen LogP contribution in [-0.4, -0.2) is 22.2 Å². The molecule has 0 radical (unpaired) electrons. The molecule has 0 amide bonds. The van der Waals surface area contributed by atoms with Crippen molar-refractivity contribution in [2.24, 2.45) is 0 Å². The van der Waals surface area contributed by atoms with Crippen molar-refractivity contribution < 1.29 is 14.6 Å². The van der Waals surface area contributed by atoms with Crippen LogP contribution in [0.2, 0.25) is 5.02 Å². The zero-order chi connectivity index (χ0) is 12.7. The summed E-state index contributed by atoms with van der Waals surface area (Å²) in [6.45, 7) is 0.421. The van der Waals surface area contributed by atoms with Crippen molar-refractivity contribution in [3.63, 3.8) is 0 Å². The Kier molecular flexibility index (Phi) is 2.52. The monoisotopic (exact) mass is 263 g/mol. The van der Waals surface area contributed by atoms with Crippen LogP contribution in [0, 0.1) is 0 Å². The maximum atomic E-state index is 11.2. The van der Waals surface area contributed by atoms with E-state index in [9.17, 15) is 4.79 Å². The number of fused-ring (bicyclic) bond motifs is 1. The van der Waals surface area contributed by atoms with Crippen molar-refractivity contribution >= 4 is 17.6 Å². The van der Waals surface area contributed by atoms with Gasteiger partial charge in [0.2, 0.25) is 0 Å². The highest BCUT2D eigenvalue weighted by Gasteiger charge is 2.28. The number of aromatic carboxylic acids is 1. The Bertz CT molecular complexity index is 620. The SMILES string of the molecule is O=C(O)c1cc(Cl)cn1C1COc2ccccc21. The first-order valence-corrected chi connectivity index (χ1v) is 5.87. The first-order chi connectivity index (χ1) is 8.66. The fourth-order valence-electron chi connectivity index (χ4n) is 2.25. The number of halogens is 1. The third kappa shape index (κ3) is 1.66. The van der Waals surface area contributed by atoms with Gasteiger partial charge in [-0.05, 0) is 12.1 Å². The number of carbonyl (C=O) groups is 1. The van der Waals surface area contributed by atoms with Crippen molar-refractivity contribution in [1.82, 2.24) is 4.57 Å². The number of aromatic nitrogens is 1. The summed E-state index contributed by atoms with van der Waals surface area (Å²) in [5.74, 6) is -0.199. The van der Waals surface area contributed by atoms with E-state index in [1.165, 1.54) is 6.07 Å². The van der Waals surface area contributed by atoms with Gasteiger partial charge in [-0.2, -0.15) is 0 Å². The van der Waals surface area contributed by atoms with E-state index >= 15 is 0 Å². The van der Waals surface area contributed by atoms with Crippen LogP contribution in [0.1, 0.15) is 22.1 Å².